The third kappa shape index (κ3) is 2.55. The molecule has 0 radical (unpaired) electrons. The first kappa shape index (κ1) is 10.6. The highest BCUT2D eigenvalue weighted by molar-refractivity contribution is 5.61. The average molecular weight is 214 g/mol. The minimum absolute atomic E-state index is 0.588. The van der Waals surface area contributed by atoms with Gasteiger partial charge < -0.3 is 11.1 Å². The number of aromatic nitrogens is 2. The van der Waals surface area contributed by atoms with Crippen molar-refractivity contribution in [2.75, 3.05) is 18.4 Å². The highest BCUT2D eigenvalue weighted by Crippen LogP contribution is 2.17. The van der Waals surface area contributed by atoms with Gasteiger partial charge in [0.25, 0.3) is 0 Å². The van der Waals surface area contributed by atoms with Gasteiger partial charge in [0.1, 0.15) is 12.1 Å². The summed E-state index contributed by atoms with van der Waals surface area (Å²) in [6.07, 6.45) is 1.56. The molecule has 0 unspecified atom stereocenters. The molecule has 0 aliphatic carbocycles. The molecule has 0 saturated heterocycles. The Labute approximate surface area is 94.5 Å². The zero-order valence-corrected chi connectivity index (χ0v) is 8.93. The maximum atomic E-state index is 5.42. The van der Waals surface area contributed by atoms with Gasteiger partial charge in [0, 0.05) is 24.7 Å². The summed E-state index contributed by atoms with van der Waals surface area (Å²) in [5, 5.41) is 3.13. The Morgan fingerprint density at radius 3 is 2.69 bits per heavy atom. The third-order valence-corrected chi connectivity index (χ3v) is 2.19. The third-order valence-electron chi connectivity index (χ3n) is 2.19. The first-order valence-electron chi connectivity index (χ1n) is 5.21. The monoisotopic (exact) mass is 214 g/mol. The summed E-state index contributed by atoms with van der Waals surface area (Å²) in [6.45, 7) is 1.30. The minimum atomic E-state index is 0.588. The van der Waals surface area contributed by atoms with Crippen molar-refractivity contribution < 1.29 is 0 Å². The number of hydrogen-bond donors (Lipinski definition) is 2. The topological polar surface area (TPSA) is 63.8 Å². The van der Waals surface area contributed by atoms with Crippen molar-refractivity contribution >= 4 is 5.82 Å². The van der Waals surface area contributed by atoms with Crippen molar-refractivity contribution in [3.8, 4) is 11.3 Å². The van der Waals surface area contributed by atoms with Crippen molar-refractivity contribution in [2.45, 2.75) is 0 Å². The van der Waals surface area contributed by atoms with E-state index in [1.54, 1.807) is 6.33 Å². The SMILES string of the molecule is NCCNc1cc(-c2ccccc2)ncn1. The normalized spacial score (nSPS) is 10.1. The van der Waals surface area contributed by atoms with Crippen LogP contribution in [0, 0.1) is 0 Å². The van der Waals surface area contributed by atoms with Gasteiger partial charge in [-0.15, -0.1) is 0 Å². The second-order valence-electron chi connectivity index (χ2n) is 3.37. The summed E-state index contributed by atoms with van der Waals surface area (Å²) in [5.41, 5.74) is 7.42. The molecule has 4 nitrogen and oxygen atoms in total. The summed E-state index contributed by atoms with van der Waals surface area (Å²) in [6, 6.07) is 11.9. The van der Waals surface area contributed by atoms with Crippen LogP contribution in [0.15, 0.2) is 42.7 Å². The summed E-state index contributed by atoms with van der Waals surface area (Å²) in [5.74, 6) is 0.805. The van der Waals surface area contributed by atoms with Gasteiger partial charge in [-0.05, 0) is 0 Å². The number of benzene rings is 1. The van der Waals surface area contributed by atoms with E-state index in [0.717, 1.165) is 17.1 Å². The van der Waals surface area contributed by atoms with Gasteiger partial charge in [-0.3, -0.25) is 0 Å². The van der Waals surface area contributed by atoms with E-state index in [9.17, 15) is 0 Å². The molecule has 1 aromatic carbocycles. The van der Waals surface area contributed by atoms with Gasteiger partial charge in [0.05, 0.1) is 5.69 Å². The molecule has 1 heterocycles. The van der Waals surface area contributed by atoms with E-state index in [1.165, 1.54) is 0 Å². The van der Waals surface area contributed by atoms with Crippen LogP contribution in [0.1, 0.15) is 0 Å². The molecule has 0 aliphatic rings. The molecule has 0 bridgehead atoms. The maximum absolute atomic E-state index is 5.42. The number of nitrogens with two attached hydrogens (primary N) is 1. The van der Waals surface area contributed by atoms with E-state index in [-0.39, 0.29) is 0 Å². The number of hydrogen-bond acceptors (Lipinski definition) is 4. The first-order chi connectivity index (χ1) is 7.90. The molecule has 2 rings (SSSR count). The molecule has 0 aliphatic heterocycles. The van der Waals surface area contributed by atoms with Crippen molar-refractivity contribution in [3.05, 3.63) is 42.7 Å². The van der Waals surface area contributed by atoms with E-state index in [1.807, 2.05) is 36.4 Å². The quantitative estimate of drug-likeness (QED) is 0.809. The Morgan fingerprint density at radius 1 is 1.12 bits per heavy atom. The Balaban J connectivity index is 2.22. The molecule has 0 spiro atoms. The van der Waals surface area contributed by atoms with Crippen LogP contribution in [0.25, 0.3) is 11.3 Å². The van der Waals surface area contributed by atoms with E-state index in [0.29, 0.717) is 13.1 Å². The van der Waals surface area contributed by atoms with Crippen LogP contribution in [-0.4, -0.2) is 23.1 Å². The molecule has 1 aromatic heterocycles. The van der Waals surface area contributed by atoms with Gasteiger partial charge in [-0.1, -0.05) is 30.3 Å². The first-order valence-corrected chi connectivity index (χ1v) is 5.21. The molecule has 82 valence electrons. The lowest BCUT2D eigenvalue weighted by molar-refractivity contribution is 1.00. The molecule has 16 heavy (non-hydrogen) atoms. The Bertz CT molecular complexity index is 442. The second kappa shape index (κ2) is 5.23. The Hall–Kier alpha value is -1.94. The zero-order chi connectivity index (χ0) is 11.2. The predicted molar refractivity (Wildman–Crippen MR) is 65.0 cm³/mol. The summed E-state index contributed by atoms with van der Waals surface area (Å²) in [4.78, 5) is 8.36. The van der Waals surface area contributed by atoms with Gasteiger partial charge in [0.2, 0.25) is 0 Å². The van der Waals surface area contributed by atoms with Crippen LogP contribution in [0.3, 0.4) is 0 Å². The molecular weight excluding hydrogens is 200 g/mol. The van der Waals surface area contributed by atoms with E-state index in [4.69, 9.17) is 5.73 Å². The largest absolute Gasteiger partial charge is 0.369 e. The van der Waals surface area contributed by atoms with Crippen LogP contribution in [0.4, 0.5) is 5.82 Å². The van der Waals surface area contributed by atoms with Crippen LogP contribution in [0.2, 0.25) is 0 Å². The number of nitrogens with one attached hydrogen (secondary N) is 1. The highest BCUT2D eigenvalue weighted by atomic mass is 15.0. The molecular formula is C12H14N4. The smallest absolute Gasteiger partial charge is 0.129 e. The van der Waals surface area contributed by atoms with Crippen LogP contribution in [-0.2, 0) is 0 Å². The summed E-state index contributed by atoms with van der Waals surface area (Å²) >= 11 is 0. The van der Waals surface area contributed by atoms with Crippen LogP contribution >= 0.6 is 0 Å². The minimum Gasteiger partial charge on any atom is -0.369 e. The van der Waals surface area contributed by atoms with E-state index >= 15 is 0 Å². The molecule has 4 heteroatoms. The summed E-state index contributed by atoms with van der Waals surface area (Å²) < 4.78 is 0. The lowest BCUT2D eigenvalue weighted by Crippen LogP contribution is -2.13. The zero-order valence-electron chi connectivity index (χ0n) is 8.93. The fourth-order valence-corrected chi connectivity index (χ4v) is 1.42. The van der Waals surface area contributed by atoms with Gasteiger partial charge >= 0.3 is 0 Å². The Kier molecular flexibility index (Phi) is 3.46. The van der Waals surface area contributed by atoms with Crippen molar-refractivity contribution in [3.63, 3.8) is 0 Å². The molecule has 3 N–H and O–H groups in total. The number of rotatable bonds is 4. The van der Waals surface area contributed by atoms with Gasteiger partial charge in [-0.2, -0.15) is 0 Å². The fraction of sp³-hybridized carbons (Fsp3) is 0.167. The summed E-state index contributed by atoms with van der Waals surface area (Å²) in [7, 11) is 0. The van der Waals surface area contributed by atoms with Crippen molar-refractivity contribution in [1.29, 1.82) is 0 Å². The second-order valence-corrected chi connectivity index (χ2v) is 3.37. The number of nitrogens with zero attached hydrogens (tertiary/aromatic N) is 2. The van der Waals surface area contributed by atoms with Crippen molar-refractivity contribution in [2.24, 2.45) is 5.73 Å². The van der Waals surface area contributed by atoms with E-state index in [2.05, 4.69) is 15.3 Å². The fourth-order valence-electron chi connectivity index (χ4n) is 1.42. The Morgan fingerprint density at radius 2 is 1.94 bits per heavy atom. The molecule has 0 fully saturated rings. The highest BCUT2D eigenvalue weighted by Gasteiger charge is 2.00. The number of anilines is 1. The molecule has 0 saturated carbocycles. The maximum Gasteiger partial charge on any atom is 0.129 e. The lowest BCUT2D eigenvalue weighted by atomic mass is 10.1. The van der Waals surface area contributed by atoms with Crippen LogP contribution < -0.4 is 11.1 Å². The molecule has 0 amide bonds. The average Bonchev–Trinajstić information content (AvgIpc) is 2.38. The standard InChI is InChI=1S/C12H14N4/c13-6-7-14-12-8-11(15-9-16-12)10-4-2-1-3-5-10/h1-5,8-9H,6-7,13H2,(H,14,15,16). The van der Waals surface area contributed by atoms with Crippen LogP contribution in [0.5, 0.6) is 0 Å². The van der Waals surface area contributed by atoms with Crippen molar-refractivity contribution in [1.82, 2.24) is 9.97 Å². The lowest BCUT2D eigenvalue weighted by Gasteiger charge is -2.05. The molecule has 0 atom stereocenters. The predicted octanol–water partition coefficient (Wildman–Crippen LogP) is 1.51. The van der Waals surface area contributed by atoms with E-state index < -0.39 is 0 Å². The van der Waals surface area contributed by atoms with Gasteiger partial charge in [0.15, 0.2) is 0 Å². The molecule has 2 aromatic rings. The van der Waals surface area contributed by atoms with Gasteiger partial charge in [-0.25, -0.2) is 9.97 Å².